The molecule has 1 aromatic heterocycles. The maximum absolute atomic E-state index is 5.73. The highest BCUT2D eigenvalue weighted by Crippen LogP contribution is 2.12. The van der Waals surface area contributed by atoms with E-state index in [0.29, 0.717) is 5.95 Å². The second kappa shape index (κ2) is 9.65. The molecule has 0 unspecified atom stereocenters. The number of nitrogens with one attached hydrogen (secondary N) is 1. The fourth-order valence-corrected chi connectivity index (χ4v) is 2.31. The van der Waals surface area contributed by atoms with E-state index in [4.69, 9.17) is 4.74 Å². The number of aryl methyl sites for hydroxylation is 2. The van der Waals surface area contributed by atoms with Crippen LogP contribution in [-0.2, 0) is 0 Å². The van der Waals surface area contributed by atoms with Gasteiger partial charge in [0.15, 0.2) is 0 Å². The highest BCUT2D eigenvalue weighted by atomic mass is 16.5. The largest absolute Gasteiger partial charge is 0.494 e. The van der Waals surface area contributed by atoms with Crippen LogP contribution in [0.3, 0.4) is 0 Å². The molecule has 0 amide bonds. The minimum absolute atomic E-state index is 0.510. The maximum atomic E-state index is 5.73. The molecule has 0 bridgehead atoms. The molecule has 128 valence electrons. The monoisotopic (exact) mass is 326 g/mol. The average molecular weight is 326 g/mol. The molecule has 2 rings (SSSR count). The second-order valence-electron chi connectivity index (χ2n) is 5.82. The normalized spacial score (nSPS) is 11.0. The van der Waals surface area contributed by atoms with Gasteiger partial charge in [-0.15, -0.1) is 0 Å². The molecule has 0 saturated carbocycles. The number of aromatic nitrogens is 2. The lowest BCUT2D eigenvalue weighted by molar-refractivity contribution is 0.305. The number of hydrazone groups is 1. The summed E-state index contributed by atoms with van der Waals surface area (Å²) in [6.07, 6.45) is 6.60. The number of benzene rings is 1. The summed E-state index contributed by atoms with van der Waals surface area (Å²) in [7, 11) is 0. The quantitative estimate of drug-likeness (QED) is 0.419. The number of nitrogens with zero attached hydrogens (tertiary/aromatic N) is 3. The number of hydrogen-bond acceptors (Lipinski definition) is 5. The molecule has 5 nitrogen and oxygen atoms in total. The van der Waals surface area contributed by atoms with Crippen molar-refractivity contribution in [2.24, 2.45) is 5.10 Å². The van der Waals surface area contributed by atoms with Crippen molar-refractivity contribution in [3.8, 4) is 5.75 Å². The van der Waals surface area contributed by atoms with Gasteiger partial charge in [0.2, 0.25) is 5.95 Å². The Labute approximate surface area is 144 Å². The number of ether oxygens (including phenoxy) is 1. The Morgan fingerprint density at radius 1 is 1.04 bits per heavy atom. The first kappa shape index (κ1) is 17.9. The molecular formula is C19H26N4O. The van der Waals surface area contributed by atoms with E-state index in [-0.39, 0.29) is 0 Å². The van der Waals surface area contributed by atoms with Crippen molar-refractivity contribution in [3.05, 3.63) is 47.3 Å². The molecule has 0 aliphatic heterocycles. The number of rotatable bonds is 9. The van der Waals surface area contributed by atoms with E-state index in [1.165, 1.54) is 19.3 Å². The van der Waals surface area contributed by atoms with E-state index in [9.17, 15) is 0 Å². The summed E-state index contributed by atoms with van der Waals surface area (Å²) < 4.78 is 5.73. The zero-order valence-corrected chi connectivity index (χ0v) is 14.7. The van der Waals surface area contributed by atoms with Crippen LogP contribution in [0.1, 0.15) is 49.6 Å². The topological polar surface area (TPSA) is 59.4 Å². The van der Waals surface area contributed by atoms with Crippen molar-refractivity contribution < 1.29 is 4.74 Å². The van der Waals surface area contributed by atoms with Crippen LogP contribution >= 0.6 is 0 Å². The van der Waals surface area contributed by atoms with E-state index < -0.39 is 0 Å². The number of hydrogen-bond donors (Lipinski definition) is 1. The van der Waals surface area contributed by atoms with Gasteiger partial charge in [-0.25, -0.2) is 15.4 Å². The standard InChI is InChI=1S/C19H26N4O/c1-4-5-6-7-12-24-18-10-8-17(9-11-18)14-20-23-19-21-15(2)13-16(3)22-19/h8-11,13-14H,4-7,12H2,1-3H3,(H,21,22,23)/b20-14+. The summed E-state index contributed by atoms with van der Waals surface area (Å²) in [6.45, 7) is 6.86. The van der Waals surface area contributed by atoms with Gasteiger partial charge in [0.05, 0.1) is 12.8 Å². The van der Waals surface area contributed by atoms with Gasteiger partial charge in [-0.1, -0.05) is 26.2 Å². The van der Waals surface area contributed by atoms with Gasteiger partial charge in [-0.2, -0.15) is 5.10 Å². The van der Waals surface area contributed by atoms with E-state index >= 15 is 0 Å². The van der Waals surface area contributed by atoms with E-state index in [1.807, 2.05) is 44.2 Å². The smallest absolute Gasteiger partial charge is 0.243 e. The molecule has 0 aliphatic carbocycles. The molecule has 0 atom stereocenters. The third-order valence-corrected chi connectivity index (χ3v) is 3.51. The van der Waals surface area contributed by atoms with Gasteiger partial charge in [0, 0.05) is 11.4 Å². The maximum Gasteiger partial charge on any atom is 0.243 e. The Kier molecular flexibility index (Phi) is 7.21. The van der Waals surface area contributed by atoms with Crippen LogP contribution in [0.15, 0.2) is 35.4 Å². The van der Waals surface area contributed by atoms with Gasteiger partial charge < -0.3 is 4.74 Å². The Morgan fingerprint density at radius 2 is 1.75 bits per heavy atom. The molecule has 0 spiro atoms. The third-order valence-electron chi connectivity index (χ3n) is 3.51. The van der Waals surface area contributed by atoms with Crippen LogP contribution in [0.5, 0.6) is 5.75 Å². The van der Waals surface area contributed by atoms with Gasteiger partial charge in [-0.3, -0.25) is 0 Å². The Morgan fingerprint density at radius 3 is 2.42 bits per heavy atom. The second-order valence-corrected chi connectivity index (χ2v) is 5.82. The zero-order chi connectivity index (χ0) is 17.2. The molecule has 24 heavy (non-hydrogen) atoms. The van der Waals surface area contributed by atoms with Crippen LogP contribution in [0.25, 0.3) is 0 Å². The fourth-order valence-electron chi connectivity index (χ4n) is 2.31. The predicted molar refractivity (Wildman–Crippen MR) is 98.8 cm³/mol. The van der Waals surface area contributed by atoms with Crippen molar-refractivity contribution in [1.82, 2.24) is 9.97 Å². The summed E-state index contributed by atoms with van der Waals surface area (Å²) >= 11 is 0. The molecule has 1 heterocycles. The molecule has 5 heteroatoms. The summed E-state index contributed by atoms with van der Waals surface area (Å²) in [5, 5.41) is 4.18. The number of anilines is 1. The van der Waals surface area contributed by atoms with Gasteiger partial charge in [0.25, 0.3) is 0 Å². The Hall–Kier alpha value is -2.43. The highest BCUT2D eigenvalue weighted by Gasteiger charge is 1.97. The van der Waals surface area contributed by atoms with Gasteiger partial charge >= 0.3 is 0 Å². The lowest BCUT2D eigenvalue weighted by atomic mass is 10.2. The lowest BCUT2D eigenvalue weighted by Gasteiger charge is -2.06. The summed E-state index contributed by atoms with van der Waals surface area (Å²) in [5.74, 6) is 1.41. The molecule has 0 fully saturated rings. The molecule has 0 saturated heterocycles. The minimum atomic E-state index is 0.510. The van der Waals surface area contributed by atoms with Gasteiger partial charge in [0.1, 0.15) is 5.75 Å². The van der Waals surface area contributed by atoms with E-state index in [1.54, 1.807) is 6.21 Å². The van der Waals surface area contributed by atoms with Crippen LogP contribution in [0.4, 0.5) is 5.95 Å². The first-order valence-corrected chi connectivity index (χ1v) is 8.51. The molecule has 2 aromatic rings. The summed E-state index contributed by atoms with van der Waals surface area (Å²) in [5.41, 5.74) is 5.68. The molecule has 0 aliphatic rings. The minimum Gasteiger partial charge on any atom is -0.494 e. The van der Waals surface area contributed by atoms with Crippen molar-refractivity contribution in [2.75, 3.05) is 12.0 Å². The van der Waals surface area contributed by atoms with Crippen molar-refractivity contribution >= 4 is 12.2 Å². The third kappa shape index (κ3) is 6.36. The van der Waals surface area contributed by atoms with Crippen molar-refractivity contribution in [3.63, 3.8) is 0 Å². The van der Waals surface area contributed by atoms with Crippen LogP contribution < -0.4 is 10.2 Å². The first-order chi connectivity index (χ1) is 11.7. The number of unbranched alkanes of at least 4 members (excludes halogenated alkanes) is 3. The Balaban J connectivity index is 1.80. The van der Waals surface area contributed by atoms with E-state index in [2.05, 4.69) is 27.4 Å². The highest BCUT2D eigenvalue weighted by molar-refractivity contribution is 5.80. The molecule has 1 aromatic carbocycles. The summed E-state index contributed by atoms with van der Waals surface area (Å²) in [6, 6.07) is 9.82. The van der Waals surface area contributed by atoms with Crippen molar-refractivity contribution in [2.45, 2.75) is 46.5 Å². The van der Waals surface area contributed by atoms with Gasteiger partial charge in [-0.05, 0) is 56.2 Å². The Bertz CT molecular complexity index is 633. The first-order valence-electron chi connectivity index (χ1n) is 8.51. The lowest BCUT2D eigenvalue weighted by Crippen LogP contribution is -2.00. The van der Waals surface area contributed by atoms with Crippen LogP contribution in [0.2, 0.25) is 0 Å². The summed E-state index contributed by atoms with van der Waals surface area (Å²) in [4.78, 5) is 8.56. The average Bonchev–Trinajstić information content (AvgIpc) is 2.55. The van der Waals surface area contributed by atoms with Crippen LogP contribution in [0, 0.1) is 13.8 Å². The zero-order valence-electron chi connectivity index (χ0n) is 14.7. The molecular weight excluding hydrogens is 300 g/mol. The molecule has 1 N–H and O–H groups in total. The predicted octanol–water partition coefficient (Wildman–Crippen LogP) is 4.50. The van der Waals surface area contributed by atoms with Crippen molar-refractivity contribution in [1.29, 1.82) is 0 Å². The van der Waals surface area contributed by atoms with Crippen LogP contribution in [-0.4, -0.2) is 22.8 Å². The van der Waals surface area contributed by atoms with E-state index in [0.717, 1.165) is 35.7 Å². The SMILES string of the molecule is CCCCCCOc1ccc(/C=N/Nc2nc(C)cc(C)n2)cc1. The fraction of sp³-hybridized carbons (Fsp3) is 0.421. The molecule has 0 radical (unpaired) electrons.